The molecule has 9 heteroatoms. The number of carbonyl (C=O) groups is 2. The Hall–Kier alpha value is -1.86. The SMILES string of the molecule is CC1(C)CCC(N(C(=O)C(C)(C)C(F)F)[C@H]2CCN(C(=O)C3=CN(C(C)(C)C)CC3c3ccc(Cl)cc3)C2)CC1.Cl. The number of hydrogen-bond donors (Lipinski definition) is 0. The van der Waals surface area contributed by atoms with Gasteiger partial charge in [0.25, 0.3) is 12.3 Å². The molecule has 0 radical (unpaired) electrons. The number of alkyl halides is 2. The zero-order valence-electron chi connectivity index (χ0n) is 25.6. The molecule has 0 N–H and O–H groups in total. The molecule has 41 heavy (non-hydrogen) atoms. The van der Waals surface area contributed by atoms with Crippen molar-refractivity contribution < 1.29 is 18.4 Å². The molecule has 2 heterocycles. The van der Waals surface area contributed by atoms with Gasteiger partial charge in [-0.2, -0.15) is 0 Å². The molecule has 2 atom stereocenters. The van der Waals surface area contributed by atoms with Crippen LogP contribution < -0.4 is 0 Å². The van der Waals surface area contributed by atoms with Crippen LogP contribution >= 0.6 is 24.0 Å². The first-order chi connectivity index (χ1) is 18.5. The molecule has 0 spiro atoms. The van der Waals surface area contributed by atoms with Crippen LogP contribution in [0.3, 0.4) is 0 Å². The highest BCUT2D eigenvalue weighted by Gasteiger charge is 2.48. The monoisotopic (exact) mass is 613 g/mol. The van der Waals surface area contributed by atoms with Crippen molar-refractivity contribution in [1.82, 2.24) is 14.7 Å². The summed E-state index contributed by atoms with van der Waals surface area (Å²) in [6.07, 6.45) is 3.32. The summed E-state index contributed by atoms with van der Waals surface area (Å²) < 4.78 is 28.1. The third-order valence-electron chi connectivity index (χ3n) is 9.31. The maximum atomic E-state index is 14.1. The van der Waals surface area contributed by atoms with E-state index in [1.165, 1.54) is 13.8 Å². The zero-order valence-corrected chi connectivity index (χ0v) is 27.1. The highest BCUT2D eigenvalue weighted by molar-refractivity contribution is 6.30. The van der Waals surface area contributed by atoms with Crippen LogP contribution in [0.4, 0.5) is 8.78 Å². The first-order valence-electron chi connectivity index (χ1n) is 14.7. The Bertz CT molecular complexity index is 1120. The van der Waals surface area contributed by atoms with E-state index in [-0.39, 0.29) is 47.3 Å². The number of amides is 2. The Morgan fingerprint density at radius 3 is 2.10 bits per heavy atom. The standard InChI is InChI=1S/C32H46ClF2N3O2.ClH/c1-30(2,3)37-19-25(21-8-10-22(33)11-9-21)26(20-37)27(39)36-17-14-24(18-36)38(29(40)32(6,7)28(34)35)23-12-15-31(4,5)16-13-23;/h8-11,20,23-25,28H,12-19H2,1-7H3;1H/t24-,25?;/m0./s1. The molecule has 2 fully saturated rings. The summed E-state index contributed by atoms with van der Waals surface area (Å²) in [4.78, 5) is 33.6. The Labute approximate surface area is 256 Å². The van der Waals surface area contributed by atoms with Crippen molar-refractivity contribution in [3.63, 3.8) is 0 Å². The average Bonchev–Trinajstić information content (AvgIpc) is 3.53. The minimum atomic E-state index is -2.76. The van der Waals surface area contributed by atoms with Gasteiger partial charge in [0.1, 0.15) is 5.41 Å². The van der Waals surface area contributed by atoms with E-state index >= 15 is 0 Å². The molecule has 1 unspecified atom stereocenters. The van der Waals surface area contributed by atoms with Crippen molar-refractivity contribution in [3.8, 4) is 0 Å². The van der Waals surface area contributed by atoms with Crippen molar-refractivity contribution in [2.75, 3.05) is 19.6 Å². The summed E-state index contributed by atoms with van der Waals surface area (Å²) in [7, 11) is 0. The molecule has 2 amide bonds. The highest BCUT2D eigenvalue weighted by Crippen LogP contribution is 2.41. The van der Waals surface area contributed by atoms with Crippen LogP contribution in [0.25, 0.3) is 0 Å². The molecular weight excluding hydrogens is 567 g/mol. The zero-order chi connectivity index (χ0) is 29.6. The van der Waals surface area contributed by atoms with E-state index < -0.39 is 17.7 Å². The van der Waals surface area contributed by atoms with Crippen molar-refractivity contribution in [2.24, 2.45) is 10.8 Å². The summed E-state index contributed by atoms with van der Waals surface area (Å²) in [5.41, 5.74) is 0.0191. The van der Waals surface area contributed by atoms with E-state index in [9.17, 15) is 18.4 Å². The van der Waals surface area contributed by atoms with Gasteiger partial charge in [0.05, 0.1) is 6.04 Å². The third kappa shape index (κ3) is 7.21. The van der Waals surface area contributed by atoms with Crippen LogP contribution in [-0.4, -0.2) is 70.2 Å². The second kappa shape index (κ2) is 12.4. The molecule has 3 aliphatic rings. The molecule has 1 saturated heterocycles. The van der Waals surface area contributed by atoms with Crippen molar-refractivity contribution >= 4 is 35.8 Å². The molecule has 2 aliphatic heterocycles. The smallest absolute Gasteiger partial charge is 0.252 e. The Balaban J connectivity index is 0.00000462. The van der Waals surface area contributed by atoms with Crippen LogP contribution in [0.2, 0.25) is 5.02 Å². The van der Waals surface area contributed by atoms with Crippen molar-refractivity contribution in [2.45, 2.75) is 111 Å². The number of likely N-dealkylation sites (tertiary alicyclic amines) is 1. The largest absolute Gasteiger partial charge is 0.371 e. The minimum absolute atomic E-state index is 0. The first-order valence-corrected chi connectivity index (χ1v) is 15.0. The maximum absolute atomic E-state index is 14.1. The number of hydrogen-bond acceptors (Lipinski definition) is 3. The van der Waals surface area contributed by atoms with Gasteiger partial charge in [0.15, 0.2) is 0 Å². The average molecular weight is 615 g/mol. The number of benzene rings is 1. The van der Waals surface area contributed by atoms with E-state index in [1.807, 2.05) is 35.4 Å². The fourth-order valence-electron chi connectivity index (χ4n) is 6.31. The predicted molar refractivity (Wildman–Crippen MR) is 164 cm³/mol. The summed E-state index contributed by atoms with van der Waals surface area (Å²) in [6.45, 7) is 15.1. The molecule has 0 bridgehead atoms. The molecule has 1 saturated carbocycles. The second-order valence-corrected chi connectivity index (χ2v) is 14.8. The molecular formula is C32H47Cl2F2N3O2. The molecule has 1 aliphatic carbocycles. The summed E-state index contributed by atoms with van der Waals surface area (Å²) in [5.74, 6) is -0.636. The Morgan fingerprint density at radius 1 is 0.976 bits per heavy atom. The minimum Gasteiger partial charge on any atom is -0.371 e. The van der Waals surface area contributed by atoms with Crippen LogP contribution in [-0.2, 0) is 9.59 Å². The van der Waals surface area contributed by atoms with Crippen molar-refractivity contribution in [3.05, 3.63) is 46.6 Å². The Kier molecular flexibility index (Phi) is 10.2. The molecule has 5 nitrogen and oxygen atoms in total. The summed E-state index contributed by atoms with van der Waals surface area (Å²) in [6, 6.07) is 7.31. The Morgan fingerprint density at radius 2 is 1.56 bits per heavy atom. The quantitative estimate of drug-likeness (QED) is 0.333. The predicted octanol–water partition coefficient (Wildman–Crippen LogP) is 7.53. The lowest BCUT2D eigenvalue weighted by atomic mass is 9.74. The van der Waals surface area contributed by atoms with Gasteiger partial charge >= 0.3 is 0 Å². The summed E-state index contributed by atoms with van der Waals surface area (Å²) >= 11 is 6.15. The molecule has 230 valence electrons. The second-order valence-electron chi connectivity index (χ2n) is 14.3. The van der Waals surface area contributed by atoms with E-state index in [0.717, 1.165) is 36.8 Å². The number of halogens is 4. The molecule has 4 rings (SSSR count). The lowest BCUT2D eigenvalue weighted by Crippen LogP contribution is -2.55. The lowest BCUT2D eigenvalue weighted by Gasteiger charge is -2.45. The first kappa shape index (κ1) is 33.6. The van der Waals surface area contributed by atoms with Gasteiger partial charge in [-0.3, -0.25) is 9.59 Å². The normalized spacial score (nSPS) is 23.4. The van der Waals surface area contributed by atoms with Crippen LogP contribution in [0, 0.1) is 10.8 Å². The van der Waals surface area contributed by atoms with E-state index in [1.54, 1.807) is 4.90 Å². The fraction of sp³-hybridized carbons (Fsp3) is 0.688. The molecule has 1 aromatic rings. The third-order valence-corrected chi connectivity index (χ3v) is 9.56. The molecule has 1 aromatic carbocycles. The van der Waals surface area contributed by atoms with Gasteiger partial charge in [0, 0.05) is 53.9 Å². The van der Waals surface area contributed by atoms with Gasteiger partial charge in [-0.25, -0.2) is 8.78 Å². The number of nitrogens with zero attached hydrogens (tertiary/aromatic N) is 3. The van der Waals surface area contributed by atoms with Crippen LogP contribution in [0.15, 0.2) is 36.0 Å². The lowest BCUT2D eigenvalue weighted by molar-refractivity contribution is -0.155. The maximum Gasteiger partial charge on any atom is 0.252 e. The highest BCUT2D eigenvalue weighted by atomic mass is 35.5. The molecule has 0 aromatic heterocycles. The van der Waals surface area contributed by atoms with Gasteiger partial charge in [-0.1, -0.05) is 37.6 Å². The topological polar surface area (TPSA) is 43.9 Å². The number of rotatable bonds is 6. The van der Waals surface area contributed by atoms with E-state index in [0.29, 0.717) is 31.1 Å². The summed E-state index contributed by atoms with van der Waals surface area (Å²) in [5, 5.41) is 0.649. The van der Waals surface area contributed by atoms with Gasteiger partial charge < -0.3 is 14.7 Å². The van der Waals surface area contributed by atoms with Gasteiger partial charge in [-0.15, -0.1) is 12.4 Å². The number of carbonyl (C=O) groups excluding carboxylic acids is 2. The van der Waals surface area contributed by atoms with E-state index in [4.69, 9.17) is 11.6 Å². The van der Waals surface area contributed by atoms with Crippen molar-refractivity contribution in [1.29, 1.82) is 0 Å². The van der Waals surface area contributed by atoms with Crippen LogP contribution in [0.5, 0.6) is 0 Å². The fourth-order valence-corrected chi connectivity index (χ4v) is 6.44. The van der Waals surface area contributed by atoms with Gasteiger partial charge in [-0.05, 0) is 89.8 Å². The van der Waals surface area contributed by atoms with E-state index in [2.05, 4.69) is 39.5 Å². The van der Waals surface area contributed by atoms with Gasteiger partial charge in [0.2, 0.25) is 5.91 Å². The van der Waals surface area contributed by atoms with Crippen LogP contribution in [0.1, 0.15) is 92.1 Å².